The van der Waals surface area contributed by atoms with Crippen LogP contribution in [0.25, 0.3) is 0 Å². The Labute approximate surface area is 241 Å². The number of aromatic nitrogens is 1. The maximum atomic E-state index is 13.9. The van der Waals surface area contributed by atoms with E-state index >= 15 is 0 Å². The minimum Gasteiger partial charge on any atom is -0.497 e. The molecule has 2 aromatic heterocycles. The number of anilines is 2. The topological polar surface area (TPSA) is 107 Å². The molecule has 204 valence electrons. The lowest BCUT2D eigenvalue weighted by Gasteiger charge is -2.29. The molecule has 4 aromatic rings. The molecular weight excluding hydrogens is 571 g/mol. The lowest BCUT2D eigenvalue weighted by molar-refractivity contribution is -0.122. The summed E-state index contributed by atoms with van der Waals surface area (Å²) in [6.45, 7) is -0.220. The molecule has 12 heteroatoms. The van der Waals surface area contributed by atoms with Crippen molar-refractivity contribution in [2.24, 2.45) is 5.92 Å². The van der Waals surface area contributed by atoms with Crippen LogP contribution in [-0.2, 0) is 20.9 Å². The number of hydrogen-bond donors (Lipinski definition) is 1. The number of nitrogens with zero attached hydrogens (tertiary/aromatic N) is 2. The van der Waals surface area contributed by atoms with Crippen LogP contribution < -0.4 is 24.6 Å². The summed E-state index contributed by atoms with van der Waals surface area (Å²) in [4.78, 5) is 56.3. The molecule has 2 aliphatic heterocycles. The first-order valence-corrected chi connectivity index (χ1v) is 14.9. The molecule has 0 radical (unpaired) electrons. The molecule has 4 heterocycles. The van der Waals surface area contributed by atoms with Crippen molar-refractivity contribution in [2.75, 3.05) is 24.4 Å². The van der Waals surface area contributed by atoms with Gasteiger partial charge < -0.3 is 14.8 Å². The van der Waals surface area contributed by atoms with Crippen molar-refractivity contribution in [1.82, 2.24) is 4.57 Å². The van der Waals surface area contributed by atoms with Crippen LogP contribution in [-0.4, -0.2) is 41.8 Å². The fraction of sp³-hybridized carbons (Fsp3) is 0.214. The Balaban J connectivity index is 1.35. The second-order valence-corrected chi connectivity index (χ2v) is 12.3. The number of amides is 3. The summed E-state index contributed by atoms with van der Waals surface area (Å²) < 4.78 is 11.8. The Morgan fingerprint density at radius 2 is 1.60 bits per heavy atom. The molecule has 0 bridgehead atoms. The van der Waals surface area contributed by atoms with Crippen LogP contribution in [0.4, 0.5) is 11.4 Å². The van der Waals surface area contributed by atoms with Crippen molar-refractivity contribution in [3.05, 3.63) is 85.5 Å². The van der Waals surface area contributed by atoms with E-state index in [-0.39, 0.29) is 29.1 Å². The molecule has 1 N–H and O–H groups in total. The summed E-state index contributed by atoms with van der Waals surface area (Å²) in [6.07, 6.45) is 0. The third-order valence-corrected chi connectivity index (χ3v) is 10.5. The molecule has 0 saturated carbocycles. The zero-order chi connectivity index (χ0) is 28.0. The fourth-order valence-electron chi connectivity index (χ4n) is 5.03. The zero-order valence-corrected chi connectivity index (χ0v) is 23.8. The van der Waals surface area contributed by atoms with Crippen LogP contribution in [0.3, 0.4) is 0 Å². The number of rotatable bonds is 7. The van der Waals surface area contributed by atoms with Crippen molar-refractivity contribution in [1.29, 1.82) is 0 Å². The highest BCUT2D eigenvalue weighted by Crippen LogP contribution is 2.54. The van der Waals surface area contributed by atoms with Gasteiger partial charge in [-0.15, -0.1) is 11.3 Å². The highest BCUT2D eigenvalue weighted by Gasteiger charge is 2.57. The quantitative estimate of drug-likeness (QED) is 0.316. The van der Waals surface area contributed by atoms with Crippen molar-refractivity contribution < 1.29 is 23.9 Å². The molecule has 6 rings (SSSR count). The number of carbonyl (C=O) groups excluding carboxylic acids is 3. The van der Waals surface area contributed by atoms with Gasteiger partial charge in [0.25, 0.3) is 0 Å². The summed E-state index contributed by atoms with van der Waals surface area (Å²) in [7, 11) is 3.11. The molecule has 3 unspecified atom stereocenters. The summed E-state index contributed by atoms with van der Waals surface area (Å²) in [6, 6.07) is 17.5. The second-order valence-electron chi connectivity index (χ2n) is 9.17. The smallest absolute Gasteiger partial charge is 0.308 e. The van der Waals surface area contributed by atoms with Crippen LogP contribution in [0, 0.1) is 5.92 Å². The Hall–Kier alpha value is -3.87. The van der Waals surface area contributed by atoms with Gasteiger partial charge in [0, 0.05) is 21.4 Å². The summed E-state index contributed by atoms with van der Waals surface area (Å²) in [5.41, 5.74) is 1.04. The van der Waals surface area contributed by atoms with Gasteiger partial charge in [-0.25, -0.2) is 4.90 Å². The lowest BCUT2D eigenvalue weighted by atomic mass is 9.87. The van der Waals surface area contributed by atoms with Gasteiger partial charge >= 0.3 is 4.87 Å². The van der Waals surface area contributed by atoms with E-state index in [1.165, 1.54) is 32.6 Å². The molecule has 9 nitrogen and oxygen atoms in total. The number of ether oxygens (including phenoxy) is 2. The molecule has 3 atom stereocenters. The van der Waals surface area contributed by atoms with Crippen molar-refractivity contribution in [3.8, 4) is 11.5 Å². The number of carbonyl (C=O) groups is 3. The first-order valence-electron chi connectivity index (χ1n) is 12.3. The number of methoxy groups -OCH3 is 2. The number of imide groups is 1. The molecule has 0 spiro atoms. The Morgan fingerprint density at radius 3 is 2.23 bits per heavy atom. The minimum absolute atomic E-state index is 0.220. The van der Waals surface area contributed by atoms with Gasteiger partial charge in [-0.3, -0.25) is 23.7 Å². The maximum absolute atomic E-state index is 13.9. The monoisotopic (exact) mass is 593 g/mol. The van der Waals surface area contributed by atoms with Gasteiger partial charge in [0.15, 0.2) is 0 Å². The van der Waals surface area contributed by atoms with Crippen LogP contribution in [0.1, 0.15) is 15.7 Å². The van der Waals surface area contributed by atoms with Gasteiger partial charge in [0.1, 0.15) is 23.3 Å². The van der Waals surface area contributed by atoms with Gasteiger partial charge in [-0.2, -0.15) is 0 Å². The zero-order valence-electron chi connectivity index (χ0n) is 21.4. The van der Waals surface area contributed by atoms with Crippen molar-refractivity contribution in [3.63, 3.8) is 0 Å². The van der Waals surface area contributed by atoms with E-state index in [1.807, 2.05) is 17.5 Å². The van der Waals surface area contributed by atoms with E-state index in [9.17, 15) is 19.2 Å². The highest BCUT2D eigenvalue weighted by atomic mass is 32.2. The maximum Gasteiger partial charge on any atom is 0.308 e. The third-order valence-electron chi connectivity index (χ3n) is 6.91. The number of hydrogen-bond acceptors (Lipinski definition) is 9. The number of thiazole rings is 1. The van der Waals surface area contributed by atoms with Gasteiger partial charge in [0.2, 0.25) is 17.7 Å². The van der Waals surface area contributed by atoms with Crippen molar-refractivity contribution >= 4 is 63.5 Å². The largest absolute Gasteiger partial charge is 0.497 e. The molecule has 1 fully saturated rings. The van der Waals surface area contributed by atoms with Gasteiger partial charge in [0.05, 0.1) is 30.9 Å². The third kappa shape index (κ3) is 4.51. The van der Waals surface area contributed by atoms with Crippen molar-refractivity contribution in [2.45, 2.75) is 22.7 Å². The van der Waals surface area contributed by atoms with Crippen LogP contribution in [0.2, 0.25) is 0 Å². The molecule has 2 aliphatic rings. The van der Waals surface area contributed by atoms with Crippen LogP contribution in [0.15, 0.2) is 75.9 Å². The SMILES string of the molecule is COc1ccc(NC(=O)Cn2c3c(sc2=O)C(c2cccs2)C2C(=O)N(c4ccc(OC)cc4)C(=O)C2S3)cc1. The van der Waals surface area contributed by atoms with Gasteiger partial charge in [-0.1, -0.05) is 29.2 Å². The number of fused-ring (bicyclic) bond motifs is 2. The van der Waals surface area contributed by atoms with E-state index in [1.54, 1.807) is 62.8 Å². The first-order chi connectivity index (χ1) is 19.4. The molecule has 1 saturated heterocycles. The Morgan fingerprint density at radius 1 is 0.925 bits per heavy atom. The van der Waals surface area contributed by atoms with Crippen LogP contribution in [0.5, 0.6) is 11.5 Å². The Kier molecular flexibility index (Phi) is 6.99. The van der Waals surface area contributed by atoms with E-state index in [0.717, 1.165) is 16.2 Å². The van der Waals surface area contributed by atoms with Crippen LogP contribution >= 0.6 is 34.4 Å². The highest BCUT2D eigenvalue weighted by molar-refractivity contribution is 8.00. The molecule has 40 heavy (non-hydrogen) atoms. The number of thiophene rings is 1. The minimum atomic E-state index is -0.737. The predicted molar refractivity (Wildman–Crippen MR) is 155 cm³/mol. The predicted octanol–water partition coefficient (Wildman–Crippen LogP) is 4.42. The lowest BCUT2D eigenvalue weighted by Crippen LogP contribution is -2.32. The molecule has 0 aliphatic carbocycles. The van der Waals surface area contributed by atoms with E-state index < -0.39 is 17.1 Å². The number of nitrogens with one attached hydrogen (secondary N) is 1. The van der Waals surface area contributed by atoms with E-state index in [0.29, 0.717) is 32.8 Å². The molecule has 2 aromatic carbocycles. The fourth-order valence-corrected chi connectivity index (χ4v) is 8.76. The standard InChI is InChI=1S/C28H23N3O6S3/c1-36-17-9-5-15(6-10-17)29-20(32)14-30-27-24(40-28(30)35)21(19-4-3-13-38-19)22-23(39-27)26(34)31(25(22)33)16-7-11-18(37-2)12-8-16/h3-13,21-23H,14H2,1-2H3,(H,29,32). The average molecular weight is 594 g/mol. The normalized spacial score (nSPS) is 19.8. The second kappa shape index (κ2) is 10.6. The molecule has 3 amide bonds. The summed E-state index contributed by atoms with van der Waals surface area (Å²) in [5.74, 6) is -0.894. The van der Waals surface area contributed by atoms with E-state index in [2.05, 4.69) is 5.32 Å². The first kappa shape index (κ1) is 26.4. The number of benzene rings is 2. The Bertz CT molecular complexity index is 1640. The van der Waals surface area contributed by atoms with E-state index in [4.69, 9.17) is 9.47 Å². The average Bonchev–Trinajstić information content (AvgIpc) is 3.66. The molecular formula is C28H23N3O6S3. The summed E-state index contributed by atoms with van der Waals surface area (Å²) >= 11 is 3.70. The van der Waals surface area contributed by atoms with Gasteiger partial charge in [-0.05, 0) is 60.0 Å². The summed E-state index contributed by atoms with van der Waals surface area (Å²) in [5, 5.41) is 4.54. The number of thioether (sulfide) groups is 1.